The summed E-state index contributed by atoms with van der Waals surface area (Å²) in [7, 11) is 1.21. The third-order valence-electron chi connectivity index (χ3n) is 2.49. The molecule has 0 aliphatic carbocycles. The second kappa shape index (κ2) is 5.20. The molecule has 0 radical (unpaired) electrons. The number of halogens is 5. The van der Waals surface area contributed by atoms with E-state index in [9.17, 15) is 26.7 Å². The lowest BCUT2D eigenvalue weighted by atomic mass is 10.1. The fraction of sp³-hybridized carbons (Fsp3) is 0.0833. The third kappa shape index (κ3) is 2.05. The van der Waals surface area contributed by atoms with E-state index in [1.54, 1.807) is 0 Å². The van der Waals surface area contributed by atoms with Crippen LogP contribution >= 0.6 is 11.3 Å². The fourth-order valence-electron chi connectivity index (χ4n) is 1.54. The fourth-order valence-corrected chi connectivity index (χ4v) is 2.35. The molecule has 1 aromatic carbocycles. The molecule has 0 spiro atoms. The van der Waals surface area contributed by atoms with E-state index in [1.165, 1.54) is 18.6 Å². The van der Waals surface area contributed by atoms with E-state index in [0.29, 0.717) is 0 Å². The molecular weight excluding hydrogens is 303 g/mol. The van der Waals surface area contributed by atoms with Gasteiger partial charge in [0.2, 0.25) is 11.6 Å². The molecule has 1 heterocycles. The molecule has 1 aromatic heterocycles. The zero-order chi connectivity index (χ0) is 15.0. The highest BCUT2D eigenvalue weighted by Crippen LogP contribution is 2.31. The molecule has 20 heavy (non-hydrogen) atoms. The van der Waals surface area contributed by atoms with Crippen molar-refractivity contribution in [3.63, 3.8) is 0 Å². The Morgan fingerprint density at radius 1 is 1.00 bits per heavy atom. The number of rotatable bonds is 3. The molecule has 2 nitrogen and oxygen atoms in total. The average Bonchev–Trinajstić information content (AvgIpc) is 2.91. The van der Waals surface area contributed by atoms with Crippen molar-refractivity contribution in [2.75, 3.05) is 7.11 Å². The first kappa shape index (κ1) is 14.4. The average molecular weight is 308 g/mol. The molecule has 2 rings (SSSR count). The van der Waals surface area contributed by atoms with Gasteiger partial charge in [-0.05, 0) is 11.4 Å². The minimum absolute atomic E-state index is 0.0102. The van der Waals surface area contributed by atoms with Crippen LogP contribution in [0.15, 0.2) is 11.4 Å². The molecule has 0 unspecified atom stereocenters. The highest BCUT2D eigenvalue weighted by molar-refractivity contribution is 7.12. The Labute approximate surface area is 113 Å². The van der Waals surface area contributed by atoms with Crippen LogP contribution in [0.3, 0.4) is 0 Å². The van der Waals surface area contributed by atoms with E-state index >= 15 is 0 Å². The van der Waals surface area contributed by atoms with E-state index in [4.69, 9.17) is 4.74 Å². The van der Waals surface area contributed by atoms with Gasteiger partial charge in [0.25, 0.3) is 0 Å². The second-order valence-electron chi connectivity index (χ2n) is 3.59. The monoisotopic (exact) mass is 308 g/mol. The lowest BCUT2D eigenvalue weighted by molar-refractivity contribution is 0.102. The van der Waals surface area contributed by atoms with Crippen molar-refractivity contribution in [2.45, 2.75) is 0 Å². The smallest absolute Gasteiger partial charge is 0.212 e. The summed E-state index contributed by atoms with van der Waals surface area (Å²) in [6.07, 6.45) is 0. The topological polar surface area (TPSA) is 26.3 Å². The van der Waals surface area contributed by atoms with Crippen LogP contribution < -0.4 is 4.74 Å². The van der Waals surface area contributed by atoms with Crippen LogP contribution in [0.5, 0.6) is 5.75 Å². The molecule has 2 aromatic rings. The van der Waals surface area contributed by atoms with Gasteiger partial charge >= 0.3 is 0 Å². The van der Waals surface area contributed by atoms with Crippen molar-refractivity contribution in [1.29, 1.82) is 0 Å². The highest BCUT2D eigenvalue weighted by Gasteiger charge is 2.31. The van der Waals surface area contributed by atoms with E-state index in [-0.39, 0.29) is 10.6 Å². The summed E-state index contributed by atoms with van der Waals surface area (Å²) < 4.78 is 70.8. The maximum absolute atomic E-state index is 13.5. The predicted octanol–water partition coefficient (Wildman–Crippen LogP) is 3.68. The van der Waals surface area contributed by atoms with Gasteiger partial charge in [0, 0.05) is 0 Å². The Balaban J connectivity index is 2.68. The molecule has 0 aliphatic heterocycles. The Morgan fingerprint density at radius 3 is 2.00 bits per heavy atom. The molecule has 106 valence electrons. The molecular formula is C12H5F5O2S. The van der Waals surface area contributed by atoms with Gasteiger partial charge in [-0.1, -0.05) is 0 Å². The van der Waals surface area contributed by atoms with Crippen molar-refractivity contribution >= 4 is 17.1 Å². The van der Waals surface area contributed by atoms with Gasteiger partial charge in [0.1, 0.15) is 16.2 Å². The van der Waals surface area contributed by atoms with Crippen molar-refractivity contribution in [1.82, 2.24) is 0 Å². The standard InChI is InChI=1S/C12H5F5O2S/c1-19-4-2-3-20-12(4)11(18)5-6(13)8(15)10(17)9(16)7(5)14/h2-3H,1H3. The summed E-state index contributed by atoms with van der Waals surface area (Å²) in [5.41, 5.74) is -1.50. The first-order valence-electron chi connectivity index (χ1n) is 5.07. The summed E-state index contributed by atoms with van der Waals surface area (Å²) in [6, 6.07) is 1.34. The van der Waals surface area contributed by atoms with E-state index in [1.807, 2.05) is 0 Å². The molecule has 0 amide bonds. The largest absolute Gasteiger partial charge is 0.495 e. The van der Waals surface area contributed by atoms with Crippen molar-refractivity contribution < 1.29 is 31.5 Å². The van der Waals surface area contributed by atoms with Gasteiger partial charge in [0.15, 0.2) is 23.3 Å². The third-order valence-corrected chi connectivity index (χ3v) is 3.39. The Hall–Kier alpha value is -1.96. The zero-order valence-corrected chi connectivity index (χ0v) is 10.6. The molecule has 0 bridgehead atoms. The molecule has 0 atom stereocenters. The van der Waals surface area contributed by atoms with Crippen LogP contribution in [0.4, 0.5) is 22.0 Å². The van der Waals surface area contributed by atoms with Crippen LogP contribution in [0.2, 0.25) is 0 Å². The van der Waals surface area contributed by atoms with Crippen LogP contribution in [-0.2, 0) is 0 Å². The first-order chi connectivity index (χ1) is 9.40. The Morgan fingerprint density at radius 2 is 1.50 bits per heavy atom. The SMILES string of the molecule is COc1ccsc1C(=O)c1c(F)c(F)c(F)c(F)c1F. The van der Waals surface area contributed by atoms with Crippen LogP contribution in [0.25, 0.3) is 0 Å². The van der Waals surface area contributed by atoms with E-state index < -0.39 is 40.4 Å². The number of hydrogen-bond acceptors (Lipinski definition) is 3. The number of methoxy groups -OCH3 is 1. The van der Waals surface area contributed by atoms with Crippen LogP contribution in [0.1, 0.15) is 15.2 Å². The number of carbonyl (C=O) groups excluding carboxylic acids is 1. The van der Waals surface area contributed by atoms with Gasteiger partial charge in [-0.2, -0.15) is 0 Å². The van der Waals surface area contributed by atoms with Gasteiger partial charge in [-0.3, -0.25) is 4.79 Å². The molecule has 0 saturated heterocycles. The van der Waals surface area contributed by atoms with Gasteiger partial charge in [0.05, 0.1) is 7.11 Å². The number of benzene rings is 1. The number of thiophene rings is 1. The van der Waals surface area contributed by atoms with Gasteiger partial charge in [-0.15, -0.1) is 11.3 Å². The number of hydrogen-bond donors (Lipinski definition) is 0. The van der Waals surface area contributed by atoms with Crippen LogP contribution in [-0.4, -0.2) is 12.9 Å². The van der Waals surface area contributed by atoms with E-state index in [0.717, 1.165) is 11.3 Å². The molecule has 0 fully saturated rings. The number of ketones is 1. The molecule has 0 aliphatic rings. The number of ether oxygens (including phenoxy) is 1. The van der Waals surface area contributed by atoms with E-state index in [2.05, 4.69) is 0 Å². The molecule has 0 N–H and O–H groups in total. The van der Waals surface area contributed by atoms with Gasteiger partial charge < -0.3 is 4.74 Å². The minimum Gasteiger partial charge on any atom is -0.495 e. The van der Waals surface area contributed by atoms with Gasteiger partial charge in [-0.25, -0.2) is 22.0 Å². The first-order valence-corrected chi connectivity index (χ1v) is 5.95. The maximum Gasteiger partial charge on any atom is 0.212 e. The van der Waals surface area contributed by atoms with Crippen molar-refractivity contribution in [2.24, 2.45) is 0 Å². The zero-order valence-electron chi connectivity index (χ0n) is 9.77. The summed E-state index contributed by atoms with van der Waals surface area (Å²) >= 11 is 0.764. The molecule has 8 heteroatoms. The highest BCUT2D eigenvalue weighted by atomic mass is 32.1. The van der Waals surface area contributed by atoms with Crippen molar-refractivity contribution in [3.8, 4) is 5.75 Å². The lowest BCUT2D eigenvalue weighted by Gasteiger charge is -2.07. The van der Waals surface area contributed by atoms with Crippen LogP contribution in [0, 0.1) is 29.1 Å². The molecule has 0 saturated carbocycles. The lowest BCUT2D eigenvalue weighted by Crippen LogP contribution is -2.13. The maximum atomic E-state index is 13.5. The number of carbonyl (C=O) groups is 1. The summed E-state index contributed by atoms with van der Waals surface area (Å²) in [5.74, 6) is -12.3. The summed E-state index contributed by atoms with van der Waals surface area (Å²) in [5, 5.41) is 1.39. The second-order valence-corrected chi connectivity index (χ2v) is 4.51. The Kier molecular flexibility index (Phi) is 3.76. The van der Waals surface area contributed by atoms with Crippen molar-refractivity contribution in [3.05, 3.63) is 51.0 Å². The quantitative estimate of drug-likeness (QED) is 0.374. The summed E-state index contributed by atoms with van der Waals surface area (Å²) in [4.78, 5) is 11.7. The predicted molar refractivity (Wildman–Crippen MR) is 60.5 cm³/mol. The Bertz CT molecular complexity index is 666. The normalized spacial score (nSPS) is 10.7. The summed E-state index contributed by atoms with van der Waals surface area (Å²) in [6.45, 7) is 0. The minimum atomic E-state index is -2.31.